The van der Waals surface area contributed by atoms with Crippen molar-refractivity contribution in [3.63, 3.8) is 0 Å². The van der Waals surface area contributed by atoms with Crippen molar-refractivity contribution in [2.24, 2.45) is 0 Å². The van der Waals surface area contributed by atoms with Gasteiger partial charge < -0.3 is 10.4 Å². The van der Waals surface area contributed by atoms with Crippen LogP contribution in [0.25, 0.3) is 0 Å². The fourth-order valence-electron chi connectivity index (χ4n) is 1.72. The number of phenolic OH excluding ortho intramolecular Hbond substituents is 1. The van der Waals surface area contributed by atoms with Crippen LogP contribution in [0.3, 0.4) is 0 Å². The summed E-state index contributed by atoms with van der Waals surface area (Å²) in [6.45, 7) is 5.63. The van der Waals surface area contributed by atoms with Gasteiger partial charge in [-0.05, 0) is 36.1 Å². The lowest BCUT2D eigenvalue weighted by molar-refractivity contribution is 0.464. The first-order valence-corrected chi connectivity index (χ1v) is 5.99. The number of nitrogens with one attached hydrogen (secondary N) is 1. The van der Waals surface area contributed by atoms with E-state index in [1.54, 1.807) is 37.3 Å². The van der Waals surface area contributed by atoms with E-state index >= 15 is 0 Å². The second kappa shape index (κ2) is 6.27. The van der Waals surface area contributed by atoms with E-state index in [0.29, 0.717) is 5.69 Å². The van der Waals surface area contributed by atoms with Gasteiger partial charge >= 0.3 is 0 Å². The van der Waals surface area contributed by atoms with Crippen molar-refractivity contribution in [3.05, 3.63) is 34.5 Å². The van der Waals surface area contributed by atoms with Gasteiger partial charge in [0.05, 0.1) is 0 Å². The summed E-state index contributed by atoms with van der Waals surface area (Å²) in [6, 6.07) is 8.46. The Morgan fingerprint density at radius 2 is 1.75 bits per heavy atom. The van der Waals surface area contributed by atoms with Crippen molar-refractivity contribution in [3.8, 4) is 24.0 Å². The molecule has 0 saturated heterocycles. The molecule has 0 heterocycles. The van der Waals surface area contributed by atoms with Crippen LogP contribution in [-0.2, 0) is 0 Å². The number of hydrogen-bond acceptors (Lipinski definition) is 5. The number of benzene rings is 1. The topological polar surface area (TPSA) is 104 Å². The molecule has 1 aromatic carbocycles. The first kappa shape index (κ1) is 15.1. The third-order valence-electron chi connectivity index (χ3n) is 2.84. The number of aryl methyl sites for hydroxylation is 1. The van der Waals surface area contributed by atoms with E-state index in [1.807, 2.05) is 13.8 Å². The molecular formula is C15H14N4O. The summed E-state index contributed by atoms with van der Waals surface area (Å²) in [5.74, 6) is 0.295. The third kappa shape index (κ3) is 3.07. The predicted molar refractivity (Wildman–Crippen MR) is 74.4 cm³/mol. The SMILES string of the molecule is Cc1cc(O)c(C(C)C)cc1NC(C#N)=C(C#N)C#N. The zero-order valence-corrected chi connectivity index (χ0v) is 11.5. The van der Waals surface area contributed by atoms with Gasteiger partial charge in [-0.1, -0.05) is 13.8 Å². The zero-order valence-electron chi connectivity index (χ0n) is 11.5. The summed E-state index contributed by atoms with van der Waals surface area (Å²) in [7, 11) is 0. The van der Waals surface area contributed by atoms with Crippen molar-refractivity contribution < 1.29 is 5.11 Å². The van der Waals surface area contributed by atoms with Gasteiger partial charge in [0.25, 0.3) is 0 Å². The molecule has 0 aliphatic carbocycles. The van der Waals surface area contributed by atoms with Gasteiger partial charge in [-0.3, -0.25) is 0 Å². The molecule has 1 aromatic rings. The maximum absolute atomic E-state index is 9.87. The highest BCUT2D eigenvalue weighted by Crippen LogP contribution is 2.31. The quantitative estimate of drug-likeness (QED) is 0.646. The molecule has 0 amide bonds. The lowest BCUT2D eigenvalue weighted by atomic mass is 9.99. The summed E-state index contributed by atoms with van der Waals surface area (Å²) >= 11 is 0. The monoisotopic (exact) mass is 266 g/mol. The Labute approximate surface area is 118 Å². The fourth-order valence-corrected chi connectivity index (χ4v) is 1.72. The van der Waals surface area contributed by atoms with E-state index in [2.05, 4.69) is 5.32 Å². The number of phenols is 1. The molecule has 0 bridgehead atoms. The number of nitrogens with zero attached hydrogens (tertiary/aromatic N) is 3. The third-order valence-corrected chi connectivity index (χ3v) is 2.84. The molecule has 0 atom stereocenters. The van der Waals surface area contributed by atoms with Crippen LogP contribution in [0.5, 0.6) is 5.75 Å². The van der Waals surface area contributed by atoms with Crippen molar-refractivity contribution in [2.75, 3.05) is 5.32 Å². The van der Waals surface area contributed by atoms with Crippen molar-refractivity contribution in [1.82, 2.24) is 0 Å². The Bertz CT molecular complexity index is 666. The van der Waals surface area contributed by atoms with E-state index < -0.39 is 0 Å². The van der Waals surface area contributed by atoms with Gasteiger partial charge in [-0.15, -0.1) is 0 Å². The zero-order chi connectivity index (χ0) is 15.3. The molecule has 0 spiro atoms. The van der Waals surface area contributed by atoms with Crippen LogP contribution < -0.4 is 5.32 Å². The van der Waals surface area contributed by atoms with Crippen LogP contribution in [0.1, 0.15) is 30.9 Å². The standard InChI is InChI=1S/C15H14N4O/c1-9(2)12-5-13(10(3)4-15(12)20)19-14(8-18)11(6-16)7-17/h4-5,9,19-20H,1-3H3. The summed E-state index contributed by atoms with van der Waals surface area (Å²) in [6.07, 6.45) is 0. The fraction of sp³-hybridized carbons (Fsp3) is 0.267. The molecular weight excluding hydrogens is 252 g/mol. The highest BCUT2D eigenvalue weighted by molar-refractivity contribution is 5.64. The maximum atomic E-state index is 9.87. The smallest absolute Gasteiger partial charge is 0.163 e. The summed E-state index contributed by atoms with van der Waals surface area (Å²) in [5.41, 5.74) is 1.66. The van der Waals surface area contributed by atoms with Crippen LogP contribution in [0, 0.1) is 40.9 Å². The molecule has 0 saturated carbocycles. The van der Waals surface area contributed by atoms with Gasteiger partial charge in [-0.25, -0.2) is 0 Å². The number of anilines is 1. The highest BCUT2D eigenvalue weighted by Gasteiger charge is 2.12. The molecule has 1 rings (SSSR count). The molecule has 0 aromatic heterocycles. The van der Waals surface area contributed by atoms with Gasteiger partial charge in [-0.2, -0.15) is 15.8 Å². The van der Waals surface area contributed by atoms with Gasteiger partial charge in [0.2, 0.25) is 0 Å². The Hall–Kier alpha value is -2.97. The average Bonchev–Trinajstić information content (AvgIpc) is 2.40. The van der Waals surface area contributed by atoms with Crippen LogP contribution in [-0.4, -0.2) is 5.11 Å². The molecule has 20 heavy (non-hydrogen) atoms. The number of aromatic hydroxyl groups is 1. The van der Waals surface area contributed by atoms with Crippen LogP contribution >= 0.6 is 0 Å². The summed E-state index contributed by atoms with van der Waals surface area (Å²) in [4.78, 5) is 0. The molecule has 0 radical (unpaired) electrons. The minimum absolute atomic E-state index is 0.0986. The van der Waals surface area contributed by atoms with Crippen LogP contribution in [0.2, 0.25) is 0 Å². The van der Waals surface area contributed by atoms with Gasteiger partial charge in [0.1, 0.15) is 29.7 Å². The Balaban J connectivity index is 3.34. The van der Waals surface area contributed by atoms with E-state index in [-0.39, 0.29) is 22.9 Å². The highest BCUT2D eigenvalue weighted by atomic mass is 16.3. The van der Waals surface area contributed by atoms with E-state index in [9.17, 15) is 5.11 Å². The predicted octanol–water partition coefficient (Wildman–Crippen LogP) is 3.06. The van der Waals surface area contributed by atoms with Gasteiger partial charge in [0, 0.05) is 5.69 Å². The van der Waals surface area contributed by atoms with Crippen LogP contribution in [0.4, 0.5) is 5.69 Å². The minimum Gasteiger partial charge on any atom is -0.508 e. The van der Waals surface area contributed by atoms with Gasteiger partial charge in [0.15, 0.2) is 5.57 Å². The maximum Gasteiger partial charge on any atom is 0.163 e. The van der Waals surface area contributed by atoms with Crippen molar-refractivity contribution in [2.45, 2.75) is 26.7 Å². The molecule has 0 aliphatic heterocycles. The molecule has 100 valence electrons. The number of hydrogen-bond donors (Lipinski definition) is 2. The minimum atomic E-state index is -0.272. The number of nitriles is 3. The molecule has 5 heteroatoms. The van der Waals surface area contributed by atoms with E-state index in [0.717, 1.165) is 11.1 Å². The van der Waals surface area contributed by atoms with E-state index in [4.69, 9.17) is 15.8 Å². The largest absolute Gasteiger partial charge is 0.508 e. The first-order valence-electron chi connectivity index (χ1n) is 5.99. The van der Waals surface area contributed by atoms with Crippen molar-refractivity contribution >= 4 is 5.69 Å². The lowest BCUT2D eigenvalue weighted by Crippen LogP contribution is -2.03. The normalized spacial score (nSPS) is 9.25. The van der Waals surface area contributed by atoms with E-state index in [1.165, 1.54) is 0 Å². The Morgan fingerprint density at radius 3 is 2.20 bits per heavy atom. The Kier molecular flexibility index (Phi) is 4.73. The first-order chi connectivity index (χ1) is 9.44. The number of rotatable bonds is 3. The molecule has 0 fully saturated rings. The van der Waals surface area contributed by atoms with Crippen molar-refractivity contribution in [1.29, 1.82) is 15.8 Å². The summed E-state index contributed by atoms with van der Waals surface area (Å²) in [5, 5.41) is 39.3. The second-order valence-corrected chi connectivity index (χ2v) is 4.59. The molecule has 5 nitrogen and oxygen atoms in total. The summed E-state index contributed by atoms with van der Waals surface area (Å²) < 4.78 is 0. The molecule has 0 aliphatic rings. The second-order valence-electron chi connectivity index (χ2n) is 4.59. The Morgan fingerprint density at radius 1 is 1.15 bits per heavy atom. The molecule has 2 N–H and O–H groups in total. The van der Waals surface area contributed by atoms with Crippen LogP contribution in [0.15, 0.2) is 23.4 Å². The average molecular weight is 266 g/mol. The number of allylic oxidation sites excluding steroid dienone is 2. The lowest BCUT2D eigenvalue weighted by Gasteiger charge is -2.14. The molecule has 0 unspecified atom stereocenters.